The van der Waals surface area contributed by atoms with Gasteiger partial charge in [0.15, 0.2) is 21.7 Å². The molecule has 0 amide bonds. The number of ether oxygens (including phenoxy) is 2. The van der Waals surface area contributed by atoms with Gasteiger partial charge in [-0.05, 0) is 21.4 Å². The van der Waals surface area contributed by atoms with Crippen LogP contribution in [0.15, 0.2) is 95.6 Å². The number of aromatic carboxylic acids is 1. The van der Waals surface area contributed by atoms with Gasteiger partial charge >= 0.3 is 54.6 Å². The molecule has 3 aromatic carbocycles. The van der Waals surface area contributed by atoms with Crippen molar-refractivity contribution in [1.29, 1.82) is 0 Å². The van der Waals surface area contributed by atoms with Gasteiger partial charge in [-0.15, -0.1) is 0 Å². The van der Waals surface area contributed by atoms with Crippen LogP contribution in [-0.4, -0.2) is 86.1 Å². The molecule has 0 aliphatic heterocycles. The topological polar surface area (TPSA) is 238 Å². The van der Waals surface area contributed by atoms with Crippen LogP contribution >= 0.6 is 51.1 Å². The number of carboxylic acid groups (broad SMARTS) is 1. The van der Waals surface area contributed by atoms with Gasteiger partial charge in [0, 0.05) is 11.1 Å². The summed E-state index contributed by atoms with van der Waals surface area (Å²) >= 11 is 5.92. The molecule has 6 aromatic rings. The van der Waals surface area contributed by atoms with E-state index in [2.05, 4.69) is 51.6 Å². The van der Waals surface area contributed by atoms with Crippen LogP contribution in [0.2, 0.25) is 0 Å². The van der Waals surface area contributed by atoms with E-state index in [1.807, 2.05) is 66.7 Å². The number of rotatable bonds is 6. The summed E-state index contributed by atoms with van der Waals surface area (Å²) in [6, 6.07) is 27.2. The first-order valence-corrected chi connectivity index (χ1v) is 16.2. The Hall–Kier alpha value is -3.83. The molecule has 0 aliphatic rings. The van der Waals surface area contributed by atoms with Crippen molar-refractivity contribution >= 4 is 81.6 Å². The third kappa shape index (κ3) is 13.5. The number of methoxy groups -OCH3 is 2. The molecule has 0 aliphatic carbocycles. The average molecular weight is 811 g/mol. The number of halogens is 1. The Kier molecular flexibility index (Phi) is 20.8. The van der Waals surface area contributed by atoms with Crippen molar-refractivity contribution in [3.8, 4) is 22.5 Å². The first kappa shape index (κ1) is 44.2. The van der Waals surface area contributed by atoms with Crippen molar-refractivity contribution in [2.24, 2.45) is 0 Å². The molecule has 0 radical (unpaired) electrons. The van der Waals surface area contributed by atoms with Crippen molar-refractivity contribution in [3.63, 3.8) is 0 Å². The molecule has 4 N–H and O–H groups in total. The molecule has 15 nitrogen and oxygen atoms in total. The van der Waals surface area contributed by atoms with E-state index < -0.39 is 25.0 Å². The number of aromatic nitrogens is 6. The van der Waals surface area contributed by atoms with Crippen LogP contribution in [0, 0.1) is 0 Å². The van der Waals surface area contributed by atoms with Crippen molar-refractivity contribution in [2.45, 2.75) is 0 Å². The Bertz CT molecular complexity index is 1890. The molecule has 254 valence electrons. The molecule has 6 rings (SSSR count). The molecule has 3 aromatic heterocycles. The number of benzene rings is 3. The second-order valence-electron chi connectivity index (χ2n) is 8.63. The fraction of sp³-hybridized carbons (Fsp3) is 0.0690. The molecule has 0 unspecified atom stereocenters. The van der Waals surface area contributed by atoms with E-state index in [9.17, 15) is 14.4 Å². The Morgan fingerprint density at radius 3 is 1.38 bits per heavy atom. The molecule has 0 spiro atoms. The molecule has 3 heterocycles. The summed E-state index contributed by atoms with van der Waals surface area (Å²) < 4.78 is 32.6. The molecule has 0 saturated heterocycles. The van der Waals surface area contributed by atoms with E-state index in [-0.39, 0.29) is 52.1 Å². The van der Waals surface area contributed by atoms with E-state index in [1.165, 1.54) is 14.2 Å². The fourth-order valence-corrected chi connectivity index (χ4v) is 5.46. The van der Waals surface area contributed by atoms with Crippen molar-refractivity contribution in [1.82, 2.24) is 26.2 Å². The van der Waals surface area contributed by atoms with E-state index >= 15 is 0 Å². The Balaban J connectivity index is 0.000000336. The first-order chi connectivity index (χ1) is 23.2. The van der Waals surface area contributed by atoms with Crippen LogP contribution in [0.25, 0.3) is 22.5 Å². The van der Waals surface area contributed by atoms with Gasteiger partial charge < -0.3 is 30.1 Å². The van der Waals surface area contributed by atoms with Gasteiger partial charge in [0.2, 0.25) is 0 Å². The number of hydrogen-bond donors (Lipinski definition) is 3. The summed E-state index contributed by atoms with van der Waals surface area (Å²) in [6.07, 6.45) is 0. The largest absolute Gasteiger partial charge is 1.00 e. The van der Waals surface area contributed by atoms with Crippen LogP contribution in [0.5, 0.6) is 0 Å². The maximum atomic E-state index is 11.4. The third-order valence-electron chi connectivity index (χ3n) is 5.58. The summed E-state index contributed by atoms with van der Waals surface area (Å²) in [7, 11) is 1.29. The summed E-state index contributed by atoms with van der Waals surface area (Å²) in [5.74, 6) is -1.97. The van der Waals surface area contributed by atoms with E-state index in [0.717, 1.165) is 46.3 Å². The van der Waals surface area contributed by atoms with E-state index in [0.29, 0.717) is 21.5 Å². The van der Waals surface area contributed by atoms with Crippen LogP contribution in [0.4, 0.5) is 0 Å². The smallest absolute Gasteiger partial charge is 0.870 e. The number of carbonyl (C=O) groups is 3. The average Bonchev–Trinajstić information content (AvgIpc) is 3.91. The SMILES string of the molecule is COC(=O)c1nsnc1-c1ccccc1.COC(=O)c1nsnc1Br.O=C(O)c1nsnc1-c1ccccc1.OB(O)c1ccccc1.[Na+].[OH-]. The summed E-state index contributed by atoms with van der Waals surface area (Å²) in [5.41, 5.74) is 3.70. The van der Waals surface area contributed by atoms with E-state index in [4.69, 9.17) is 15.2 Å². The molecule has 0 saturated carbocycles. The maximum Gasteiger partial charge on any atom is 1.00 e. The zero-order valence-corrected chi connectivity index (χ0v) is 32.4. The number of nitrogens with zero attached hydrogens (tertiary/aromatic N) is 6. The van der Waals surface area contributed by atoms with Gasteiger partial charge in [-0.25, -0.2) is 14.4 Å². The minimum Gasteiger partial charge on any atom is -0.870 e. The molecule has 0 bridgehead atoms. The summed E-state index contributed by atoms with van der Waals surface area (Å²) in [6.45, 7) is 0. The Morgan fingerprint density at radius 2 is 1.00 bits per heavy atom. The van der Waals surface area contributed by atoms with E-state index in [1.54, 1.807) is 24.3 Å². The zero-order chi connectivity index (χ0) is 34.9. The second kappa shape index (κ2) is 23.6. The monoisotopic (exact) mass is 810 g/mol. The van der Waals surface area contributed by atoms with Crippen molar-refractivity contribution < 1.29 is 74.0 Å². The minimum absolute atomic E-state index is 0. The van der Waals surface area contributed by atoms with Gasteiger partial charge in [0.05, 0.1) is 49.4 Å². The predicted octanol–water partition coefficient (Wildman–Crippen LogP) is 1.18. The van der Waals surface area contributed by atoms with Crippen LogP contribution in [0.1, 0.15) is 31.5 Å². The maximum absolute atomic E-state index is 11.4. The van der Waals surface area contributed by atoms with Crippen LogP contribution in [0.3, 0.4) is 0 Å². The van der Waals surface area contributed by atoms with Gasteiger partial charge in [-0.1, -0.05) is 91.0 Å². The number of carbonyl (C=O) groups excluding carboxylic acids is 2. The Labute approximate surface area is 328 Å². The quantitative estimate of drug-likeness (QED) is 0.158. The van der Waals surface area contributed by atoms with Gasteiger partial charge in [0.1, 0.15) is 11.4 Å². The number of hydrogen-bond acceptors (Lipinski definition) is 17. The molecule has 0 atom stereocenters. The van der Waals surface area contributed by atoms with Gasteiger partial charge in [0.25, 0.3) is 0 Å². The van der Waals surface area contributed by atoms with Gasteiger partial charge in [-0.2, -0.15) is 26.2 Å². The van der Waals surface area contributed by atoms with Crippen LogP contribution < -0.4 is 35.0 Å². The standard InChI is InChI=1S/C10H8N2O2S.C9H6N2O2S.C6H7BO2.C4H3BrN2O2S.Na.H2O/c1-14-10(13)9-8(11-15-12-9)7-5-3-2-4-6-7;12-9(13)8-7(10-14-11-8)6-4-2-1-3-5-6;8-7(9)6-4-2-1-3-5-6;1-9-4(8)2-3(5)7-10-6-2;;/h2-6H,1H3;1-5H,(H,12,13);1-5,8-9H;1H3;;1H2/q;;;;+1;/p-1. The van der Waals surface area contributed by atoms with Crippen LogP contribution in [-0.2, 0) is 9.47 Å². The fourth-order valence-electron chi connectivity index (χ4n) is 3.34. The second-order valence-corrected chi connectivity index (χ2v) is 11.0. The van der Waals surface area contributed by atoms with Crippen molar-refractivity contribution in [3.05, 3.63) is 113 Å². The van der Waals surface area contributed by atoms with Gasteiger partial charge in [-0.3, -0.25) is 0 Å². The molecule has 0 fully saturated rings. The summed E-state index contributed by atoms with van der Waals surface area (Å²) in [4.78, 5) is 32.9. The Morgan fingerprint density at radius 1 is 0.620 bits per heavy atom. The van der Waals surface area contributed by atoms with Crippen molar-refractivity contribution in [2.75, 3.05) is 14.2 Å². The molecule has 50 heavy (non-hydrogen) atoms. The first-order valence-electron chi connectivity index (χ1n) is 13.2. The molecule has 21 heteroatoms. The molecular weight excluding hydrogens is 786 g/mol. The minimum atomic E-state index is -1.34. The number of esters is 2. The summed E-state index contributed by atoms with van der Waals surface area (Å²) in [5, 5.41) is 26.0. The number of carboxylic acids is 1. The predicted molar refractivity (Wildman–Crippen MR) is 186 cm³/mol. The third-order valence-corrected chi connectivity index (χ3v) is 7.95. The molecular formula is C29H25BBrN6NaO9S3. The zero-order valence-electron chi connectivity index (χ0n) is 26.4. The normalized spacial score (nSPS) is 9.30.